The Morgan fingerprint density at radius 3 is 0.909 bits per heavy atom. The van der Waals surface area contributed by atoms with Crippen molar-refractivity contribution in [1.29, 1.82) is 0 Å². The summed E-state index contributed by atoms with van der Waals surface area (Å²) in [5, 5.41) is 8.43. The number of carboxylic acid groups (broad SMARTS) is 1. The summed E-state index contributed by atoms with van der Waals surface area (Å²) < 4.78 is 280. The zero-order chi connectivity index (χ0) is 35.6. The normalized spacial score (nSPS) is 15.6. The molecule has 0 bridgehead atoms. The van der Waals surface area contributed by atoms with Crippen LogP contribution in [0.5, 0.6) is 0 Å². The van der Waals surface area contributed by atoms with Crippen LogP contribution >= 0.6 is 0 Å². The molecule has 0 spiro atoms. The fraction of sp³-hybridized carbons (Fsp3) is 0.952. The first kappa shape index (κ1) is 42.0. The molecule has 0 aromatic rings. The molecule has 0 saturated heterocycles. The van der Waals surface area contributed by atoms with Gasteiger partial charge >= 0.3 is 65.4 Å². The Hall–Kier alpha value is -2.00. The SMILES string of the molecule is O=C(O)CCCCCCCCCCC(F)(F)C(F)(F)C(F)(F)C(F)(F)C(F)(F)C(F)(F)C(F)(F)C(F)(F)C(F)(F)C(F)(F)F. The van der Waals surface area contributed by atoms with Gasteiger partial charge < -0.3 is 5.11 Å². The second-order valence-corrected chi connectivity index (χ2v) is 9.52. The van der Waals surface area contributed by atoms with Crippen molar-refractivity contribution < 1.29 is 102 Å². The van der Waals surface area contributed by atoms with Gasteiger partial charge in [0.25, 0.3) is 0 Å². The van der Waals surface area contributed by atoms with Crippen molar-refractivity contribution in [2.75, 3.05) is 0 Å². The third-order valence-corrected chi connectivity index (χ3v) is 6.21. The topological polar surface area (TPSA) is 37.3 Å². The quantitative estimate of drug-likeness (QED) is 0.107. The van der Waals surface area contributed by atoms with Crippen molar-refractivity contribution in [1.82, 2.24) is 0 Å². The fourth-order valence-corrected chi connectivity index (χ4v) is 3.43. The van der Waals surface area contributed by atoms with E-state index in [1.165, 1.54) is 0 Å². The van der Waals surface area contributed by atoms with Gasteiger partial charge in [0.2, 0.25) is 0 Å². The van der Waals surface area contributed by atoms with Crippen molar-refractivity contribution in [2.45, 2.75) is 124 Å². The van der Waals surface area contributed by atoms with Gasteiger partial charge in [0, 0.05) is 12.8 Å². The van der Waals surface area contributed by atoms with E-state index in [1.54, 1.807) is 0 Å². The summed E-state index contributed by atoms with van der Waals surface area (Å²) in [5.41, 5.74) is 0. The molecule has 0 aliphatic carbocycles. The molecule has 23 heteroatoms. The highest BCUT2D eigenvalue weighted by atomic mass is 19.4. The number of halogens is 21. The van der Waals surface area contributed by atoms with Gasteiger partial charge in [-0.1, -0.05) is 38.5 Å². The Balaban J connectivity index is 6.00. The number of hydrogen-bond acceptors (Lipinski definition) is 1. The molecule has 0 aliphatic rings. The van der Waals surface area contributed by atoms with Crippen LogP contribution in [0.15, 0.2) is 0 Å². The van der Waals surface area contributed by atoms with E-state index in [2.05, 4.69) is 0 Å². The van der Waals surface area contributed by atoms with Crippen LogP contribution in [0.2, 0.25) is 0 Å². The van der Waals surface area contributed by atoms with E-state index in [-0.39, 0.29) is 25.7 Å². The fourth-order valence-electron chi connectivity index (χ4n) is 3.43. The number of hydrogen-bond donors (Lipinski definition) is 1. The molecule has 44 heavy (non-hydrogen) atoms. The molecule has 0 rings (SSSR count). The Morgan fingerprint density at radius 1 is 0.364 bits per heavy atom. The lowest BCUT2D eigenvalue weighted by atomic mass is 9.85. The third-order valence-electron chi connectivity index (χ3n) is 6.21. The lowest BCUT2D eigenvalue weighted by Crippen LogP contribution is -2.76. The molecule has 0 aromatic heterocycles. The van der Waals surface area contributed by atoms with E-state index in [0.717, 1.165) is 0 Å². The standard InChI is InChI=1S/C21H21F21O2/c22-12(23,10-8-6-4-2-1-3-5-7-9-11(43)44)13(24,25)14(26,27)15(28,29)16(30,31)17(32,33)18(34,35)19(36,37)20(38,39)21(40,41)42/h1-10H2,(H,43,44). The van der Waals surface area contributed by atoms with Gasteiger partial charge in [-0.15, -0.1) is 0 Å². The Kier molecular flexibility index (Phi) is 12.4. The van der Waals surface area contributed by atoms with Crippen LogP contribution in [-0.2, 0) is 4.79 Å². The largest absolute Gasteiger partial charge is 0.481 e. The molecule has 1 N–H and O–H groups in total. The van der Waals surface area contributed by atoms with Crippen LogP contribution < -0.4 is 0 Å². The summed E-state index contributed by atoms with van der Waals surface area (Å²) in [6.07, 6.45) is -11.3. The second-order valence-electron chi connectivity index (χ2n) is 9.52. The molecule has 0 fully saturated rings. The van der Waals surface area contributed by atoms with Crippen molar-refractivity contribution in [3.63, 3.8) is 0 Å². The van der Waals surface area contributed by atoms with Crippen molar-refractivity contribution in [3.8, 4) is 0 Å². The van der Waals surface area contributed by atoms with Gasteiger partial charge in [0.15, 0.2) is 0 Å². The molecule has 0 saturated carbocycles. The Labute approximate surface area is 232 Å². The lowest BCUT2D eigenvalue weighted by Gasteiger charge is -2.44. The van der Waals surface area contributed by atoms with Crippen LogP contribution in [-0.4, -0.2) is 70.6 Å². The number of carbonyl (C=O) groups is 1. The molecule has 2 nitrogen and oxygen atoms in total. The predicted molar refractivity (Wildman–Crippen MR) is 104 cm³/mol. The van der Waals surface area contributed by atoms with Gasteiger partial charge in [0.1, 0.15) is 0 Å². The average molecular weight is 704 g/mol. The molecule has 0 aromatic carbocycles. The number of rotatable bonds is 19. The van der Waals surface area contributed by atoms with Crippen LogP contribution in [0.4, 0.5) is 92.2 Å². The van der Waals surface area contributed by atoms with Gasteiger partial charge in [-0.25, -0.2) is 0 Å². The summed E-state index contributed by atoms with van der Waals surface area (Å²) in [6.45, 7) is 0. The van der Waals surface area contributed by atoms with Gasteiger partial charge in [-0.05, 0) is 12.8 Å². The van der Waals surface area contributed by atoms with E-state index in [4.69, 9.17) is 5.11 Å². The van der Waals surface area contributed by atoms with Crippen molar-refractivity contribution in [2.24, 2.45) is 0 Å². The third kappa shape index (κ3) is 7.03. The van der Waals surface area contributed by atoms with Gasteiger partial charge in [-0.3, -0.25) is 4.79 Å². The molecular formula is C21H21F21O2. The number of alkyl halides is 21. The smallest absolute Gasteiger partial charge is 0.460 e. The van der Waals surface area contributed by atoms with E-state index in [9.17, 15) is 97.0 Å². The highest BCUT2D eigenvalue weighted by Crippen LogP contribution is 2.66. The number of unbranched alkanes of at least 4 members (excludes halogenated alkanes) is 7. The molecular weight excluding hydrogens is 683 g/mol. The molecule has 264 valence electrons. The second kappa shape index (κ2) is 13.0. The summed E-state index contributed by atoms with van der Waals surface area (Å²) >= 11 is 0. The monoisotopic (exact) mass is 704 g/mol. The Bertz CT molecular complexity index is 954. The molecule has 0 unspecified atom stereocenters. The number of aliphatic carboxylic acids is 1. The summed E-state index contributed by atoms with van der Waals surface area (Å²) in [6, 6.07) is 0. The predicted octanol–water partition coefficient (Wildman–Crippen LogP) is 10.3. The zero-order valence-corrected chi connectivity index (χ0v) is 21.4. The van der Waals surface area contributed by atoms with Crippen LogP contribution in [0.3, 0.4) is 0 Å². The van der Waals surface area contributed by atoms with E-state index in [1.807, 2.05) is 0 Å². The van der Waals surface area contributed by atoms with Gasteiger partial charge in [-0.2, -0.15) is 92.2 Å². The van der Waals surface area contributed by atoms with Crippen LogP contribution in [0.1, 0.15) is 64.2 Å². The first-order valence-electron chi connectivity index (χ1n) is 11.9. The van der Waals surface area contributed by atoms with E-state index in [0.29, 0.717) is 19.3 Å². The summed E-state index contributed by atoms with van der Waals surface area (Å²) in [7, 11) is 0. The van der Waals surface area contributed by atoms with E-state index < -0.39 is 84.7 Å². The molecule has 0 radical (unpaired) electrons. The maximum absolute atomic E-state index is 13.9. The first-order valence-corrected chi connectivity index (χ1v) is 11.9. The highest BCUT2D eigenvalue weighted by Gasteiger charge is 2.97. The maximum atomic E-state index is 13.9. The lowest BCUT2D eigenvalue weighted by molar-refractivity contribution is -0.474. The van der Waals surface area contributed by atoms with Gasteiger partial charge in [0.05, 0.1) is 0 Å². The summed E-state index contributed by atoms with van der Waals surface area (Å²) in [5.74, 6) is -77.7. The number of carboxylic acids is 1. The van der Waals surface area contributed by atoms with E-state index >= 15 is 0 Å². The zero-order valence-electron chi connectivity index (χ0n) is 21.4. The average Bonchev–Trinajstić information content (AvgIpc) is 2.83. The Morgan fingerprint density at radius 2 is 0.614 bits per heavy atom. The summed E-state index contributed by atoms with van der Waals surface area (Å²) in [4.78, 5) is 10.3. The molecule has 0 aliphatic heterocycles. The molecule has 0 heterocycles. The minimum absolute atomic E-state index is 0.136. The van der Waals surface area contributed by atoms with Crippen LogP contribution in [0, 0.1) is 0 Å². The molecule has 0 amide bonds. The minimum atomic E-state index is -9.16. The highest BCUT2D eigenvalue weighted by molar-refractivity contribution is 5.66. The van der Waals surface area contributed by atoms with Crippen molar-refractivity contribution in [3.05, 3.63) is 0 Å². The molecule has 0 atom stereocenters. The first-order chi connectivity index (χ1) is 19.2. The van der Waals surface area contributed by atoms with Crippen LogP contribution in [0.25, 0.3) is 0 Å². The minimum Gasteiger partial charge on any atom is -0.481 e. The van der Waals surface area contributed by atoms with Crippen molar-refractivity contribution >= 4 is 5.97 Å². The maximum Gasteiger partial charge on any atom is 0.460 e.